The molecule has 1 N–H and O–H groups in total. The summed E-state index contributed by atoms with van der Waals surface area (Å²) in [4.78, 5) is 1.17. The second-order valence-corrected chi connectivity index (χ2v) is 4.61. The summed E-state index contributed by atoms with van der Waals surface area (Å²) in [6, 6.07) is 4.06. The molecule has 0 aliphatic carbocycles. The van der Waals surface area contributed by atoms with E-state index in [1.54, 1.807) is 11.3 Å². The van der Waals surface area contributed by atoms with Crippen molar-refractivity contribution in [3.8, 4) is 0 Å². The lowest BCUT2D eigenvalue weighted by atomic mass is 10.1. The Bertz CT molecular complexity index is 244. The van der Waals surface area contributed by atoms with Crippen LogP contribution >= 0.6 is 11.3 Å². The highest BCUT2D eigenvalue weighted by Gasteiger charge is 2.05. The van der Waals surface area contributed by atoms with Gasteiger partial charge >= 0.3 is 0 Å². The Hall–Kier alpha value is -0.830. The van der Waals surface area contributed by atoms with Crippen LogP contribution in [0.3, 0.4) is 0 Å². The Labute approximate surface area is 77.3 Å². The summed E-state index contributed by atoms with van der Waals surface area (Å²) in [5, 5.41) is 6.16. The quantitative estimate of drug-likeness (QED) is 0.551. The van der Waals surface area contributed by atoms with Crippen LogP contribution in [0.15, 0.2) is 22.6 Å². The standard InChI is InChI=1S/C9H14N2S/c1-9(2,3)11-10-7-8-5-4-6-12-8/h4-7,11H,1-3H3. The summed E-state index contributed by atoms with van der Waals surface area (Å²) in [5.74, 6) is 0. The molecule has 1 aromatic heterocycles. The number of hydrogen-bond donors (Lipinski definition) is 1. The van der Waals surface area contributed by atoms with Crippen LogP contribution in [0.1, 0.15) is 25.6 Å². The summed E-state index contributed by atoms with van der Waals surface area (Å²) in [6.45, 7) is 6.25. The number of nitrogens with one attached hydrogen (secondary N) is 1. The molecule has 0 unspecified atom stereocenters. The molecule has 0 spiro atoms. The molecule has 1 rings (SSSR count). The van der Waals surface area contributed by atoms with Crippen molar-refractivity contribution in [1.29, 1.82) is 0 Å². The van der Waals surface area contributed by atoms with Gasteiger partial charge < -0.3 is 5.43 Å². The molecular formula is C9H14N2S. The molecule has 2 nitrogen and oxygen atoms in total. The Kier molecular flexibility index (Phi) is 2.87. The van der Waals surface area contributed by atoms with Crippen molar-refractivity contribution in [3.63, 3.8) is 0 Å². The summed E-state index contributed by atoms with van der Waals surface area (Å²) < 4.78 is 0. The first-order valence-electron chi connectivity index (χ1n) is 3.92. The smallest absolute Gasteiger partial charge is 0.0640 e. The summed E-state index contributed by atoms with van der Waals surface area (Å²) in [6.07, 6.45) is 1.84. The van der Waals surface area contributed by atoms with E-state index < -0.39 is 0 Å². The number of nitrogens with zero attached hydrogens (tertiary/aromatic N) is 1. The third-order valence-electron chi connectivity index (χ3n) is 1.13. The monoisotopic (exact) mass is 182 g/mol. The number of thiophene rings is 1. The van der Waals surface area contributed by atoms with Crippen LogP contribution < -0.4 is 5.43 Å². The lowest BCUT2D eigenvalue weighted by molar-refractivity contribution is 0.442. The van der Waals surface area contributed by atoms with E-state index in [1.165, 1.54) is 4.88 Å². The molecule has 1 aromatic rings. The van der Waals surface area contributed by atoms with Gasteiger partial charge in [-0.3, -0.25) is 0 Å². The lowest BCUT2D eigenvalue weighted by Crippen LogP contribution is -2.31. The van der Waals surface area contributed by atoms with Crippen molar-refractivity contribution in [1.82, 2.24) is 5.43 Å². The van der Waals surface area contributed by atoms with E-state index in [2.05, 4.69) is 31.3 Å². The minimum atomic E-state index is 0.0494. The molecule has 0 saturated carbocycles. The fourth-order valence-electron chi connectivity index (χ4n) is 0.654. The Balaban J connectivity index is 2.42. The van der Waals surface area contributed by atoms with Crippen LogP contribution in [-0.2, 0) is 0 Å². The first kappa shape index (κ1) is 9.26. The van der Waals surface area contributed by atoms with Gasteiger partial charge in [0.15, 0.2) is 0 Å². The van der Waals surface area contributed by atoms with E-state index in [1.807, 2.05) is 23.7 Å². The summed E-state index contributed by atoms with van der Waals surface area (Å²) in [7, 11) is 0. The molecule has 0 fully saturated rings. The SMILES string of the molecule is CC(C)(C)NN=Cc1cccs1. The molecule has 0 radical (unpaired) electrons. The maximum absolute atomic E-state index is 4.12. The van der Waals surface area contributed by atoms with Crippen molar-refractivity contribution >= 4 is 17.6 Å². The third kappa shape index (κ3) is 3.53. The van der Waals surface area contributed by atoms with E-state index in [-0.39, 0.29) is 5.54 Å². The number of rotatable bonds is 2. The van der Waals surface area contributed by atoms with E-state index in [0.29, 0.717) is 0 Å². The van der Waals surface area contributed by atoms with Crippen LogP contribution in [0, 0.1) is 0 Å². The maximum Gasteiger partial charge on any atom is 0.0640 e. The van der Waals surface area contributed by atoms with Gasteiger partial charge in [-0.25, -0.2) is 0 Å². The van der Waals surface area contributed by atoms with Crippen LogP contribution in [0.4, 0.5) is 0 Å². The van der Waals surface area contributed by atoms with Crippen molar-refractivity contribution < 1.29 is 0 Å². The molecule has 0 aromatic carbocycles. The molecule has 1 heterocycles. The van der Waals surface area contributed by atoms with Crippen LogP contribution in [0.2, 0.25) is 0 Å². The van der Waals surface area contributed by atoms with Crippen molar-refractivity contribution in [2.45, 2.75) is 26.3 Å². The average molecular weight is 182 g/mol. The van der Waals surface area contributed by atoms with Crippen LogP contribution in [0.5, 0.6) is 0 Å². The second-order valence-electron chi connectivity index (χ2n) is 3.64. The van der Waals surface area contributed by atoms with Gasteiger partial charge in [0.25, 0.3) is 0 Å². The first-order chi connectivity index (χ1) is 5.58. The predicted octanol–water partition coefficient (Wildman–Crippen LogP) is 2.47. The zero-order valence-electron chi connectivity index (χ0n) is 7.66. The van der Waals surface area contributed by atoms with Gasteiger partial charge in [0.1, 0.15) is 0 Å². The molecule has 12 heavy (non-hydrogen) atoms. The molecule has 0 saturated heterocycles. The zero-order valence-corrected chi connectivity index (χ0v) is 8.48. The van der Waals surface area contributed by atoms with Gasteiger partial charge in [-0.1, -0.05) is 6.07 Å². The topological polar surface area (TPSA) is 24.4 Å². The van der Waals surface area contributed by atoms with Gasteiger partial charge in [0.2, 0.25) is 0 Å². The zero-order chi connectivity index (χ0) is 9.03. The second kappa shape index (κ2) is 3.72. The van der Waals surface area contributed by atoms with E-state index in [4.69, 9.17) is 0 Å². The minimum Gasteiger partial charge on any atom is -0.305 e. The molecule has 0 atom stereocenters. The van der Waals surface area contributed by atoms with E-state index >= 15 is 0 Å². The minimum absolute atomic E-state index is 0.0494. The normalized spacial score (nSPS) is 12.2. The van der Waals surface area contributed by atoms with Crippen molar-refractivity contribution in [2.75, 3.05) is 0 Å². The average Bonchev–Trinajstić information content (AvgIpc) is 2.36. The number of hydrogen-bond acceptors (Lipinski definition) is 3. The van der Waals surface area contributed by atoms with E-state index in [9.17, 15) is 0 Å². The fourth-order valence-corrected chi connectivity index (χ4v) is 1.24. The van der Waals surface area contributed by atoms with Crippen molar-refractivity contribution in [2.24, 2.45) is 5.10 Å². The third-order valence-corrected chi connectivity index (χ3v) is 1.94. The Morgan fingerprint density at radius 3 is 2.75 bits per heavy atom. The predicted molar refractivity (Wildman–Crippen MR) is 54.8 cm³/mol. The summed E-state index contributed by atoms with van der Waals surface area (Å²) in [5.41, 5.74) is 3.09. The molecule has 3 heteroatoms. The highest BCUT2D eigenvalue weighted by molar-refractivity contribution is 7.11. The van der Waals surface area contributed by atoms with Gasteiger partial charge in [-0.2, -0.15) is 5.10 Å². The number of hydrazone groups is 1. The van der Waals surface area contributed by atoms with Crippen LogP contribution in [-0.4, -0.2) is 11.8 Å². The van der Waals surface area contributed by atoms with Gasteiger partial charge in [0.05, 0.1) is 6.21 Å². The van der Waals surface area contributed by atoms with Gasteiger partial charge in [-0.15, -0.1) is 11.3 Å². The lowest BCUT2D eigenvalue weighted by Gasteiger charge is -2.16. The van der Waals surface area contributed by atoms with E-state index in [0.717, 1.165) is 0 Å². The Morgan fingerprint density at radius 1 is 1.50 bits per heavy atom. The summed E-state index contributed by atoms with van der Waals surface area (Å²) >= 11 is 1.68. The van der Waals surface area contributed by atoms with Crippen molar-refractivity contribution in [3.05, 3.63) is 22.4 Å². The molecule has 0 amide bonds. The highest BCUT2D eigenvalue weighted by atomic mass is 32.1. The highest BCUT2D eigenvalue weighted by Crippen LogP contribution is 2.04. The van der Waals surface area contributed by atoms with Gasteiger partial charge in [-0.05, 0) is 32.2 Å². The largest absolute Gasteiger partial charge is 0.305 e. The first-order valence-corrected chi connectivity index (χ1v) is 4.80. The molecular weight excluding hydrogens is 168 g/mol. The fraction of sp³-hybridized carbons (Fsp3) is 0.444. The molecule has 0 aliphatic rings. The molecule has 0 aliphatic heterocycles. The van der Waals surface area contributed by atoms with Gasteiger partial charge in [0, 0.05) is 10.4 Å². The molecule has 66 valence electrons. The maximum atomic E-state index is 4.12. The molecule has 0 bridgehead atoms. The Morgan fingerprint density at radius 2 is 2.25 bits per heavy atom. The van der Waals surface area contributed by atoms with Crippen LogP contribution in [0.25, 0.3) is 0 Å².